The summed E-state index contributed by atoms with van der Waals surface area (Å²) in [5.74, 6) is 0.549. The predicted octanol–water partition coefficient (Wildman–Crippen LogP) is 4.89. The van der Waals surface area contributed by atoms with Gasteiger partial charge >= 0.3 is 0 Å². The second kappa shape index (κ2) is 7.63. The number of amides is 1. The lowest BCUT2D eigenvalue weighted by Crippen LogP contribution is -2.10. The molecule has 0 saturated heterocycles. The summed E-state index contributed by atoms with van der Waals surface area (Å²) < 4.78 is 11.0. The van der Waals surface area contributed by atoms with Crippen LogP contribution in [0.5, 0.6) is 0 Å². The number of hydrogen-bond acceptors (Lipinski definition) is 5. The van der Waals surface area contributed by atoms with E-state index in [-0.39, 0.29) is 17.8 Å². The highest BCUT2D eigenvalue weighted by molar-refractivity contribution is 7.14. The Kier molecular flexibility index (Phi) is 5.31. The van der Waals surface area contributed by atoms with Gasteiger partial charge in [-0.1, -0.05) is 29.8 Å². The molecule has 1 N–H and O–H groups in total. The Morgan fingerprint density at radius 1 is 1.24 bits per heavy atom. The SMILES string of the molecule is Cc1ccc(-c2csc(NC(=O)c3ccc(COC(C)C)o3)n2)cc1. The Morgan fingerprint density at radius 2 is 2.00 bits per heavy atom. The fraction of sp³-hybridized carbons (Fsp3) is 0.263. The molecule has 3 rings (SSSR count). The zero-order valence-corrected chi connectivity index (χ0v) is 15.2. The number of ether oxygens (including phenoxy) is 1. The van der Waals surface area contributed by atoms with Crippen LogP contribution >= 0.6 is 11.3 Å². The lowest BCUT2D eigenvalue weighted by molar-refractivity contribution is 0.0537. The van der Waals surface area contributed by atoms with Crippen molar-refractivity contribution in [2.24, 2.45) is 0 Å². The van der Waals surface area contributed by atoms with Crippen molar-refractivity contribution in [2.75, 3.05) is 5.32 Å². The number of carbonyl (C=O) groups excluding carboxylic acids is 1. The van der Waals surface area contributed by atoms with Crippen LogP contribution in [-0.2, 0) is 11.3 Å². The zero-order valence-electron chi connectivity index (χ0n) is 14.4. The van der Waals surface area contributed by atoms with Gasteiger partial charge in [0.25, 0.3) is 5.91 Å². The van der Waals surface area contributed by atoms with Crippen molar-refractivity contribution in [3.63, 3.8) is 0 Å². The van der Waals surface area contributed by atoms with Crippen molar-refractivity contribution in [3.05, 3.63) is 58.9 Å². The number of nitrogens with one attached hydrogen (secondary N) is 1. The van der Waals surface area contributed by atoms with Crippen molar-refractivity contribution >= 4 is 22.4 Å². The molecule has 0 saturated carbocycles. The first-order valence-corrected chi connectivity index (χ1v) is 8.93. The van der Waals surface area contributed by atoms with E-state index in [4.69, 9.17) is 9.15 Å². The number of carbonyl (C=O) groups is 1. The lowest BCUT2D eigenvalue weighted by Gasteiger charge is -2.04. The fourth-order valence-corrected chi connectivity index (χ4v) is 2.89. The normalized spacial score (nSPS) is 11.0. The van der Waals surface area contributed by atoms with E-state index >= 15 is 0 Å². The first-order valence-electron chi connectivity index (χ1n) is 8.05. The van der Waals surface area contributed by atoms with Gasteiger partial charge in [-0.05, 0) is 32.9 Å². The number of hydrogen-bond donors (Lipinski definition) is 1. The molecule has 25 heavy (non-hydrogen) atoms. The molecule has 2 aromatic heterocycles. The molecule has 1 aromatic carbocycles. The van der Waals surface area contributed by atoms with Gasteiger partial charge in [-0.15, -0.1) is 11.3 Å². The summed E-state index contributed by atoms with van der Waals surface area (Å²) >= 11 is 1.38. The van der Waals surface area contributed by atoms with Gasteiger partial charge in [-0.25, -0.2) is 4.98 Å². The molecule has 0 unspecified atom stereocenters. The van der Waals surface area contributed by atoms with Gasteiger partial charge in [0.2, 0.25) is 0 Å². The van der Waals surface area contributed by atoms with E-state index < -0.39 is 0 Å². The monoisotopic (exact) mass is 356 g/mol. The number of aromatic nitrogens is 1. The molecule has 0 aliphatic carbocycles. The summed E-state index contributed by atoms with van der Waals surface area (Å²) in [5, 5.41) is 5.23. The summed E-state index contributed by atoms with van der Waals surface area (Å²) in [6.45, 7) is 6.29. The molecule has 6 heteroatoms. The van der Waals surface area contributed by atoms with Gasteiger partial charge in [-0.2, -0.15) is 0 Å². The fourth-order valence-electron chi connectivity index (χ4n) is 2.17. The molecule has 0 spiro atoms. The molecule has 1 amide bonds. The number of nitrogens with zero attached hydrogens (tertiary/aromatic N) is 1. The number of benzene rings is 1. The second-order valence-electron chi connectivity index (χ2n) is 5.98. The molecule has 2 heterocycles. The van der Waals surface area contributed by atoms with Crippen LogP contribution in [0.2, 0.25) is 0 Å². The Balaban J connectivity index is 1.64. The van der Waals surface area contributed by atoms with Crippen LogP contribution in [0.15, 0.2) is 46.2 Å². The van der Waals surface area contributed by atoms with Crippen LogP contribution < -0.4 is 5.32 Å². The highest BCUT2D eigenvalue weighted by Crippen LogP contribution is 2.25. The summed E-state index contributed by atoms with van der Waals surface area (Å²) in [7, 11) is 0. The molecular weight excluding hydrogens is 336 g/mol. The van der Waals surface area contributed by atoms with Crippen molar-refractivity contribution in [1.82, 2.24) is 4.98 Å². The maximum Gasteiger partial charge on any atom is 0.293 e. The molecule has 130 valence electrons. The van der Waals surface area contributed by atoms with Gasteiger partial charge in [0.15, 0.2) is 10.9 Å². The summed E-state index contributed by atoms with van der Waals surface area (Å²) in [5.41, 5.74) is 3.06. The second-order valence-corrected chi connectivity index (χ2v) is 6.84. The third-order valence-electron chi connectivity index (χ3n) is 3.52. The van der Waals surface area contributed by atoms with Crippen LogP contribution in [0.1, 0.15) is 35.7 Å². The van der Waals surface area contributed by atoms with Crippen molar-refractivity contribution in [2.45, 2.75) is 33.5 Å². The average molecular weight is 356 g/mol. The smallest absolute Gasteiger partial charge is 0.293 e. The van der Waals surface area contributed by atoms with Crippen LogP contribution in [0.3, 0.4) is 0 Å². The number of thiazole rings is 1. The first kappa shape index (κ1) is 17.4. The standard InChI is InChI=1S/C19H20N2O3S/c1-12(2)23-10-15-8-9-17(24-15)18(22)21-19-20-16(11-25-19)14-6-4-13(3)5-7-14/h4-9,11-12H,10H2,1-3H3,(H,20,21,22). The van der Waals surface area contributed by atoms with E-state index in [0.717, 1.165) is 11.3 Å². The Bertz CT molecular complexity index is 850. The number of furan rings is 1. The van der Waals surface area contributed by atoms with Gasteiger partial charge < -0.3 is 9.15 Å². The van der Waals surface area contributed by atoms with E-state index in [1.807, 2.05) is 50.4 Å². The largest absolute Gasteiger partial charge is 0.453 e. The van der Waals surface area contributed by atoms with Gasteiger partial charge in [-0.3, -0.25) is 10.1 Å². The molecule has 3 aromatic rings. The zero-order chi connectivity index (χ0) is 17.8. The highest BCUT2D eigenvalue weighted by atomic mass is 32.1. The Hall–Kier alpha value is -2.44. The molecule has 0 atom stereocenters. The molecule has 0 bridgehead atoms. The van der Waals surface area contributed by atoms with Gasteiger partial charge in [0, 0.05) is 10.9 Å². The van der Waals surface area contributed by atoms with E-state index in [2.05, 4.69) is 10.3 Å². The molecule has 0 fully saturated rings. The topological polar surface area (TPSA) is 64.4 Å². The van der Waals surface area contributed by atoms with Crippen LogP contribution in [0.25, 0.3) is 11.3 Å². The van der Waals surface area contributed by atoms with Gasteiger partial charge in [0.1, 0.15) is 12.4 Å². The van der Waals surface area contributed by atoms with E-state index in [9.17, 15) is 4.79 Å². The average Bonchev–Trinajstić information content (AvgIpc) is 3.23. The summed E-state index contributed by atoms with van der Waals surface area (Å²) in [6, 6.07) is 11.5. The summed E-state index contributed by atoms with van der Waals surface area (Å²) in [6.07, 6.45) is 0.109. The van der Waals surface area contributed by atoms with E-state index in [0.29, 0.717) is 17.5 Å². The summed E-state index contributed by atoms with van der Waals surface area (Å²) in [4.78, 5) is 16.7. The molecular formula is C19H20N2O3S. The molecule has 5 nitrogen and oxygen atoms in total. The minimum Gasteiger partial charge on any atom is -0.453 e. The first-order chi connectivity index (χ1) is 12.0. The highest BCUT2D eigenvalue weighted by Gasteiger charge is 2.14. The van der Waals surface area contributed by atoms with Crippen molar-refractivity contribution in [3.8, 4) is 11.3 Å². The molecule has 0 radical (unpaired) electrons. The van der Waals surface area contributed by atoms with E-state index in [1.54, 1.807) is 12.1 Å². The van der Waals surface area contributed by atoms with Crippen LogP contribution in [0.4, 0.5) is 5.13 Å². The third-order valence-corrected chi connectivity index (χ3v) is 4.27. The van der Waals surface area contributed by atoms with Crippen LogP contribution in [-0.4, -0.2) is 17.0 Å². The van der Waals surface area contributed by atoms with Gasteiger partial charge in [0.05, 0.1) is 11.8 Å². The van der Waals surface area contributed by atoms with Crippen LogP contribution in [0, 0.1) is 6.92 Å². The Morgan fingerprint density at radius 3 is 2.72 bits per heavy atom. The lowest BCUT2D eigenvalue weighted by atomic mass is 10.1. The quantitative estimate of drug-likeness (QED) is 0.683. The van der Waals surface area contributed by atoms with Crippen molar-refractivity contribution < 1.29 is 13.9 Å². The number of anilines is 1. The third kappa shape index (κ3) is 4.55. The van der Waals surface area contributed by atoms with E-state index in [1.165, 1.54) is 16.9 Å². The maximum absolute atomic E-state index is 12.3. The Labute approximate surface area is 150 Å². The minimum atomic E-state index is -0.319. The van der Waals surface area contributed by atoms with Crippen molar-refractivity contribution in [1.29, 1.82) is 0 Å². The molecule has 0 aliphatic heterocycles. The predicted molar refractivity (Wildman–Crippen MR) is 98.9 cm³/mol. The number of rotatable bonds is 6. The maximum atomic E-state index is 12.3. The minimum absolute atomic E-state index is 0.109. The number of aryl methyl sites for hydroxylation is 1. The molecule has 0 aliphatic rings.